The van der Waals surface area contributed by atoms with E-state index in [4.69, 9.17) is 4.74 Å². The molecule has 0 aliphatic carbocycles. The number of benzene rings is 2. The molecule has 2 aromatic carbocycles. The van der Waals surface area contributed by atoms with Crippen LogP contribution in [-0.2, 0) is 20.7 Å². The van der Waals surface area contributed by atoms with Crippen molar-refractivity contribution in [3.05, 3.63) is 65.7 Å². The van der Waals surface area contributed by atoms with Gasteiger partial charge in [0.15, 0.2) is 6.10 Å². The summed E-state index contributed by atoms with van der Waals surface area (Å²) in [4.78, 5) is 38.1. The van der Waals surface area contributed by atoms with Crippen LogP contribution in [0.2, 0.25) is 0 Å². The van der Waals surface area contributed by atoms with Crippen LogP contribution in [-0.4, -0.2) is 37.0 Å². The molecule has 0 fully saturated rings. The van der Waals surface area contributed by atoms with Crippen LogP contribution in [0.25, 0.3) is 0 Å². The summed E-state index contributed by atoms with van der Waals surface area (Å²) in [5.41, 5.74) is 2.42. The third-order valence-corrected chi connectivity index (χ3v) is 4.24. The van der Waals surface area contributed by atoms with Crippen molar-refractivity contribution in [3.63, 3.8) is 0 Å². The smallest absolute Gasteiger partial charge is 0.326 e. The molecular formula is C20H20N2O4. The van der Waals surface area contributed by atoms with Crippen molar-refractivity contribution in [2.45, 2.75) is 19.4 Å². The number of rotatable bonds is 5. The van der Waals surface area contributed by atoms with Gasteiger partial charge in [-0.2, -0.15) is 0 Å². The van der Waals surface area contributed by atoms with E-state index in [9.17, 15) is 14.4 Å². The summed E-state index contributed by atoms with van der Waals surface area (Å²) in [6.45, 7) is 1.83. The average molecular weight is 352 g/mol. The number of anilines is 1. The number of ether oxygens (including phenoxy) is 1. The van der Waals surface area contributed by atoms with Crippen molar-refractivity contribution in [2.75, 3.05) is 18.0 Å². The molecule has 1 atom stereocenters. The minimum Gasteiger partial charge on any atom is -0.451 e. The SMILES string of the molecule is CC(OC(=O)CNC(=O)c1ccccc1)C(=O)N1CCc2ccccc21. The van der Waals surface area contributed by atoms with Gasteiger partial charge in [0.05, 0.1) is 0 Å². The molecule has 0 saturated carbocycles. The van der Waals surface area contributed by atoms with E-state index in [1.54, 1.807) is 42.2 Å². The normalized spacial score (nSPS) is 13.7. The Morgan fingerprint density at radius 3 is 2.54 bits per heavy atom. The highest BCUT2D eigenvalue weighted by molar-refractivity contribution is 5.99. The molecule has 0 aromatic heterocycles. The standard InChI is InChI=1S/C20H20N2O4/c1-14(20(25)22-12-11-15-7-5-6-10-17(15)22)26-18(23)13-21-19(24)16-8-3-2-4-9-16/h2-10,14H,11-13H2,1H3,(H,21,24). The van der Waals surface area contributed by atoms with E-state index < -0.39 is 12.1 Å². The summed E-state index contributed by atoms with van der Waals surface area (Å²) < 4.78 is 5.18. The maximum absolute atomic E-state index is 12.6. The Hall–Kier alpha value is -3.15. The van der Waals surface area contributed by atoms with E-state index in [0.717, 1.165) is 17.7 Å². The number of hydrogen-bond donors (Lipinski definition) is 1. The van der Waals surface area contributed by atoms with Crippen molar-refractivity contribution in [1.29, 1.82) is 0 Å². The lowest BCUT2D eigenvalue weighted by Gasteiger charge is -2.21. The number of esters is 1. The molecule has 26 heavy (non-hydrogen) atoms. The molecule has 3 rings (SSSR count). The molecule has 1 aliphatic heterocycles. The van der Waals surface area contributed by atoms with Gasteiger partial charge in [-0.15, -0.1) is 0 Å². The van der Waals surface area contributed by atoms with Crippen LogP contribution in [0.3, 0.4) is 0 Å². The van der Waals surface area contributed by atoms with Gasteiger partial charge >= 0.3 is 5.97 Å². The highest BCUT2D eigenvalue weighted by Gasteiger charge is 2.29. The second-order valence-corrected chi connectivity index (χ2v) is 6.05. The number of hydrogen-bond acceptors (Lipinski definition) is 4. The van der Waals surface area contributed by atoms with Crippen molar-refractivity contribution in [1.82, 2.24) is 5.32 Å². The highest BCUT2D eigenvalue weighted by Crippen LogP contribution is 2.28. The van der Waals surface area contributed by atoms with Gasteiger partial charge in [0.1, 0.15) is 6.54 Å². The van der Waals surface area contributed by atoms with Crippen molar-refractivity contribution in [3.8, 4) is 0 Å². The Morgan fingerprint density at radius 2 is 1.77 bits per heavy atom. The lowest BCUT2D eigenvalue weighted by atomic mass is 10.2. The maximum Gasteiger partial charge on any atom is 0.326 e. The first-order chi connectivity index (χ1) is 12.6. The van der Waals surface area contributed by atoms with Crippen LogP contribution in [0, 0.1) is 0 Å². The number of carbonyl (C=O) groups is 3. The molecule has 0 saturated heterocycles. The van der Waals surface area contributed by atoms with Gasteiger partial charge in [0, 0.05) is 17.8 Å². The molecule has 0 radical (unpaired) electrons. The van der Waals surface area contributed by atoms with Crippen LogP contribution in [0.1, 0.15) is 22.8 Å². The van der Waals surface area contributed by atoms with E-state index in [1.165, 1.54) is 0 Å². The Labute approximate surface area is 151 Å². The third kappa shape index (κ3) is 3.91. The van der Waals surface area contributed by atoms with Crippen molar-refractivity contribution in [2.24, 2.45) is 0 Å². The average Bonchev–Trinajstić information content (AvgIpc) is 3.10. The Bertz CT molecular complexity index is 820. The summed E-state index contributed by atoms with van der Waals surface area (Å²) in [5, 5.41) is 2.49. The number of nitrogens with zero attached hydrogens (tertiary/aromatic N) is 1. The van der Waals surface area contributed by atoms with Crippen LogP contribution in [0.4, 0.5) is 5.69 Å². The molecule has 134 valence electrons. The molecule has 2 aromatic rings. The van der Waals surface area contributed by atoms with Gasteiger partial charge in [0.25, 0.3) is 11.8 Å². The molecule has 0 bridgehead atoms. The van der Waals surface area contributed by atoms with E-state index in [2.05, 4.69) is 5.32 Å². The zero-order valence-electron chi connectivity index (χ0n) is 14.5. The zero-order chi connectivity index (χ0) is 18.5. The lowest BCUT2D eigenvalue weighted by molar-refractivity contribution is -0.152. The third-order valence-electron chi connectivity index (χ3n) is 4.24. The molecule has 6 nitrogen and oxygen atoms in total. The fourth-order valence-electron chi connectivity index (χ4n) is 2.92. The molecule has 1 unspecified atom stereocenters. The molecule has 1 N–H and O–H groups in total. The first kappa shape index (κ1) is 17.7. The lowest BCUT2D eigenvalue weighted by Crippen LogP contribution is -2.41. The minimum absolute atomic E-state index is 0.266. The van der Waals surface area contributed by atoms with Crippen LogP contribution < -0.4 is 10.2 Å². The summed E-state index contributed by atoms with van der Waals surface area (Å²) in [6, 6.07) is 16.3. The summed E-state index contributed by atoms with van der Waals surface area (Å²) in [5.74, 6) is -1.28. The number of carbonyl (C=O) groups excluding carboxylic acids is 3. The second kappa shape index (κ2) is 7.82. The predicted molar refractivity (Wildman–Crippen MR) is 96.8 cm³/mol. The van der Waals surface area contributed by atoms with Gasteiger partial charge in [-0.25, -0.2) is 0 Å². The van der Waals surface area contributed by atoms with Gasteiger partial charge in [-0.3, -0.25) is 14.4 Å². The fraction of sp³-hybridized carbons (Fsp3) is 0.250. The topological polar surface area (TPSA) is 75.7 Å². The Kier molecular flexibility index (Phi) is 5.31. The molecule has 1 aliphatic rings. The summed E-state index contributed by atoms with van der Waals surface area (Å²) in [7, 11) is 0. The quantitative estimate of drug-likeness (QED) is 0.835. The van der Waals surface area contributed by atoms with Gasteiger partial charge in [-0.1, -0.05) is 36.4 Å². The Balaban J connectivity index is 1.51. The van der Waals surface area contributed by atoms with E-state index in [0.29, 0.717) is 12.1 Å². The molecular weight excluding hydrogens is 332 g/mol. The number of nitrogens with one attached hydrogen (secondary N) is 1. The molecule has 1 heterocycles. The van der Waals surface area contributed by atoms with Gasteiger partial charge in [-0.05, 0) is 37.1 Å². The largest absolute Gasteiger partial charge is 0.451 e. The van der Waals surface area contributed by atoms with Crippen LogP contribution in [0.5, 0.6) is 0 Å². The predicted octanol–water partition coefficient (Wildman–Crippen LogP) is 1.94. The number of fused-ring (bicyclic) bond motifs is 1. The molecule has 6 heteroatoms. The van der Waals surface area contributed by atoms with Crippen molar-refractivity contribution >= 4 is 23.5 Å². The fourth-order valence-corrected chi connectivity index (χ4v) is 2.92. The minimum atomic E-state index is -0.915. The van der Waals surface area contributed by atoms with Gasteiger partial charge in [0.2, 0.25) is 0 Å². The van der Waals surface area contributed by atoms with Gasteiger partial charge < -0.3 is 15.0 Å². The Morgan fingerprint density at radius 1 is 1.08 bits per heavy atom. The van der Waals surface area contributed by atoms with Crippen LogP contribution >= 0.6 is 0 Å². The highest BCUT2D eigenvalue weighted by atomic mass is 16.5. The number of para-hydroxylation sites is 1. The maximum atomic E-state index is 12.6. The second-order valence-electron chi connectivity index (χ2n) is 6.05. The monoisotopic (exact) mass is 352 g/mol. The first-order valence-electron chi connectivity index (χ1n) is 8.48. The van der Waals surface area contributed by atoms with E-state index in [1.807, 2.05) is 24.3 Å². The summed E-state index contributed by atoms with van der Waals surface area (Å²) in [6.07, 6.45) is -0.127. The van der Waals surface area contributed by atoms with Crippen LogP contribution in [0.15, 0.2) is 54.6 Å². The molecule has 2 amide bonds. The summed E-state index contributed by atoms with van der Waals surface area (Å²) >= 11 is 0. The first-order valence-corrected chi connectivity index (χ1v) is 8.48. The van der Waals surface area contributed by atoms with E-state index in [-0.39, 0.29) is 18.4 Å². The molecule has 0 spiro atoms. The van der Waals surface area contributed by atoms with E-state index >= 15 is 0 Å². The zero-order valence-corrected chi connectivity index (χ0v) is 14.5. The number of amides is 2. The van der Waals surface area contributed by atoms with Crippen molar-refractivity contribution < 1.29 is 19.1 Å².